The Morgan fingerprint density at radius 2 is 1.94 bits per heavy atom. The molecule has 1 aromatic heterocycles. The van der Waals surface area contributed by atoms with Crippen molar-refractivity contribution in [1.29, 1.82) is 0 Å². The third kappa shape index (κ3) is 2.48. The molecule has 0 bridgehead atoms. The molecule has 0 aliphatic rings. The van der Waals surface area contributed by atoms with E-state index < -0.39 is 0 Å². The Kier molecular flexibility index (Phi) is 3.70. The first-order chi connectivity index (χ1) is 7.58. The van der Waals surface area contributed by atoms with E-state index >= 15 is 0 Å². The van der Waals surface area contributed by atoms with Gasteiger partial charge in [0.25, 0.3) is 0 Å². The number of hydrogen-bond donors (Lipinski definition) is 0. The lowest BCUT2D eigenvalue weighted by atomic mass is 10.1. The summed E-state index contributed by atoms with van der Waals surface area (Å²) >= 11 is 16.3. The van der Waals surface area contributed by atoms with Gasteiger partial charge in [0.2, 0.25) is 5.78 Å². The Labute approximate surface area is 115 Å². The first-order valence-corrected chi connectivity index (χ1v) is 6.69. The fraction of sp³-hybridized carbons (Fsp3) is 0. The maximum Gasteiger partial charge on any atom is 0.204 e. The SMILES string of the molecule is O=C(c1ccc(Cl)s1)c1cc(Br)ccc1Cl. The first-order valence-electron chi connectivity index (χ1n) is 4.33. The van der Waals surface area contributed by atoms with Gasteiger partial charge in [-0.3, -0.25) is 4.79 Å². The van der Waals surface area contributed by atoms with Crippen molar-refractivity contribution in [3.05, 3.63) is 54.6 Å². The molecular formula is C11H5BrCl2OS. The van der Waals surface area contributed by atoms with Crippen LogP contribution in [0.25, 0.3) is 0 Å². The van der Waals surface area contributed by atoms with Gasteiger partial charge in [-0.05, 0) is 30.3 Å². The van der Waals surface area contributed by atoms with E-state index in [9.17, 15) is 4.79 Å². The maximum absolute atomic E-state index is 12.1. The first kappa shape index (κ1) is 12.1. The molecule has 82 valence electrons. The van der Waals surface area contributed by atoms with Gasteiger partial charge in [-0.2, -0.15) is 0 Å². The summed E-state index contributed by atoms with van der Waals surface area (Å²) in [5, 5.41) is 0.442. The second-order valence-electron chi connectivity index (χ2n) is 3.06. The minimum atomic E-state index is -0.108. The van der Waals surface area contributed by atoms with Gasteiger partial charge in [0.1, 0.15) is 0 Å². The van der Waals surface area contributed by atoms with E-state index in [1.807, 2.05) is 0 Å². The fourth-order valence-corrected chi connectivity index (χ4v) is 2.80. The van der Waals surface area contributed by atoms with Crippen LogP contribution < -0.4 is 0 Å². The number of hydrogen-bond acceptors (Lipinski definition) is 2. The van der Waals surface area contributed by atoms with Crippen LogP contribution in [0.2, 0.25) is 9.36 Å². The number of thiophene rings is 1. The predicted octanol–water partition coefficient (Wildman–Crippen LogP) is 5.05. The lowest BCUT2D eigenvalue weighted by Gasteiger charge is -2.01. The average molecular weight is 336 g/mol. The topological polar surface area (TPSA) is 17.1 Å². The van der Waals surface area contributed by atoms with Crippen molar-refractivity contribution < 1.29 is 4.79 Å². The summed E-state index contributed by atoms with van der Waals surface area (Å²) in [4.78, 5) is 12.7. The number of benzene rings is 1. The number of carbonyl (C=O) groups is 1. The van der Waals surface area contributed by atoms with E-state index in [0.717, 1.165) is 4.47 Å². The fourth-order valence-electron chi connectivity index (χ4n) is 1.24. The molecule has 0 fully saturated rings. The molecule has 1 heterocycles. The molecule has 0 saturated carbocycles. The van der Waals surface area contributed by atoms with E-state index in [1.165, 1.54) is 11.3 Å². The van der Waals surface area contributed by atoms with Crippen LogP contribution in [-0.4, -0.2) is 5.78 Å². The molecule has 0 spiro atoms. The van der Waals surface area contributed by atoms with E-state index in [4.69, 9.17) is 23.2 Å². The summed E-state index contributed by atoms with van der Waals surface area (Å²) in [5.41, 5.74) is 0.481. The van der Waals surface area contributed by atoms with E-state index in [-0.39, 0.29) is 5.78 Å². The van der Waals surface area contributed by atoms with Gasteiger partial charge in [0.15, 0.2) is 0 Å². The number of carbonyl (C=O) groups excluding carboxylic acids is 1. The zero-order valence-corrected chi connectivity index (χ0v) is 11.8. The highest BCUT2D eigenvalue weighted by molar-refractivity contribution is 9.10. The summed E-state index contributed by atoms with van der Waals surface area (Å²) in [6, 6.07) is 8.59. The Morgan fingerprint density at radius 1 is 1.19 bits per heavy atom. The summed E-state index contributed by atoms with van der Waals surface area (Å²) < 4.78 is 1.41. The number of halogens is 3. The van der Waals surface area contributed by atoms with E-state index in [2.05, 4.69) is 15.9 Å². The van der Waals surface area contributed by atoms with Crippen molar-refractivity contribution in [2.75, 3.05) is 0 Å². The molecule has 0 aliphatic carbocycles. The zero-order valence-electron chi connectivity index (χ0n) is 7.84. The quantitative estimate of drug-likeness (QED) is 0.702. The smallest absolute Gasteiger partial charge is 0.204 e. The highest BCUT2D eigenvalue weighted by atomic mass is 79.9. The molecule has 2 aromatic rings. The molecule has 0 N–H and O–H groups in total. The standard InChI is InChI=1S/C11H5BrCl2OS/c12-6-1-2-8(13)7(5-6)11(15)9-3-4-10(14)16-9/h1-5H. The number of rotatable bonds is 2. The molecule has 5 heteroatoms. The van der Waals surface area contributed by atoms with Gasteiger partial charge in [0, 0.05) is 10.0 Å². The van der Waals surface area contributed by atoms with Gasteiger partial charge in [-0.15, -0.1) is 11.3 Å². The van der Waals surface area contributed by atoms with Crippen LogP contribution in [0, 0.1) is 0 Å². The van der Waals surface area contributed by atoms with Crippen LogP contribution in [0.1, 0.15) is 15.2 Å². The minimum Gasteiger partial charge on any atom is -0.288 e. The normalized spacial score (nSPS) is 10.4. The molecule has 0 saturated heterocycles. The molecule has 16 heavy (non-hydrogen) atoms. The van der Waals surface area contributed by atoms with Gasteiger partial charge in [-0.25, -0.2) is 0 Å². The largest absolute Gasteiger partial charge is 0.288 e. The third-order valence-corrected chi connectivity index (χ3v) is 4.02. The Bertz CT molecular complexity index is 551. The molecule has 1 nitrogen and oxygen atoms in total. The highest BCUT2D eigenvalue weighted by Crippen LogP contribution is 2.28. The molecule has 0 radical (unpaired) electrons. The van der Waals surface area contributed by atoms with Crippen LogP contribution in [0.4, 0.5) is 0 Å². The lowest BCUT2D eigenvalue weighted by molar-refractivity contribution is 0.104. The van der Waals surface area contributed by atoms with Crippen molar-refractivity contribution in [1.82, 2.24) is 0 Å². The summed E-state index contributed by atoms with van der Waals surface area (Å²) in [7, 11) is 0. The van der Waals surface area contributed by atoms with Crippen molar-refractivity contribution in [2.24, 2.45) is 0 Å². The molecule has 0 unspecified atom stereocenters. The average Bonchev–Trinajstić information content (AvgIpc) is 2.67. The third-order valence-electron chi connectivity index (χ3n) is 1.97. The van der Waals surface area contributed by atoms with Crippen molar-refractivity contribution in [3.63, 3.8) is 0 Å². The van der Waals surface area contributed by atoms with Crippen LogP contribution >= 0.6 is 50.5 Å². The summed E-state index contributed by atoms with van der Waals surface area (Å²) in [5.74, 6) is -0.108. The Morgan fingerprint density at radius 3 is 2.56 bits per heavy atom. The van der Waals surface area contributed by atoms with Gasteiger partial charge < -0.3 is 0 Å². The predicted molar refractivity (Wildman–Crippen MR) is 71.9 cm³/mol. The molecule has 0 amide bonds. The van der Waals surface area contributed by atoms with Gasteiger partial charge in [0.05, 0.1) is 14.2 Å². The van der Waals surface area contributed by atoms with Crippen molar-refractivity contribution >= 4 is 56.3 Å². The highest BCUT2D eigenvalue weighted by Gasteiger charge is 2.15. The van der Waals surface area contributed by atoms with Gasteiger partial charge in [-0.1, -0.05) is 39.1 Å². The lowest BCUT2D eigenvalue weighted by Crippen LogP contribution is -1.99. The maximum atomic E-state index is 12.1. The molecule has 0 atom stereocenters. The Balaban J connectivity index is 2.45. The molecule has 0 aliphatic heterocycles. The molecule has 1 aromatic carbocycles. The van der Waals surface area contributed by atoms with Gasteiger partial charge >= 0.3 is 0 Å². The van der Waals surface area contributed by atoms with Crippen LogP contribution in [0.5, 0.6) is 0 Å². The monoisotopic (exact) mass is 334 g/mol. The van der Waals surface area contributed by atoms with E-state index in [1.54, 1.807) is 30.3 Å². The Hall–Kier alpha value is -0.350. The summed E-state index contributed by atoms with van der Waals surface area (Å²) in [6.07, 6.45) is 0. The second kappa shape index (κ2) is 4.88. The summed E-state index contributed by atoms with van der Waals surface area (Å²) in [6.45, 7) is 0. The van der Waals surface area contributed by atoms with Crippen LogP contribution in [0.15, 0.2) is 34.8 Å². The second-order valence-corrected chi connectivity index (χ2v) is 6.10. The van der Waals surface area contributed by atoms with Crippen LogP contribution in [-0.2, 0) is 0 Å². The van der Waals surface area contributed by atoms with Crippen LogP contribution in [0.3, 0.4) is 0 Å². The number of ketones is 1. The molecular weight excluding hydrogens is 331 g/mol. The van der Waals surface area contributed by atoms with Crippen molar-refractivity contribution in [2.45, 2.75) is 0 Å². The van der Waals surface area contributed by atoms with Crippen molar-refractivity contribution in [3.8, 4) is 0 Å². The van der Waals surface area contributed by atoms with E-state index in [0.29, 0.717) is 19.8 Å². The minimum absolute atomic E-state index is 0.108. The molecule has 2 rings (SSSR count). The zero-order chi connectivity index (χ0) is 11.7.